The summed E-state index contributed by atoms with van der Waals surface area (Å²) in [6.07, 6.45) is 0. The van der Waals surface area contributed by atoms with Gasteiger partial charge < -0.3 is 10.2 Å². The Bertz CT molecular complexity index is 630. The fourth-order valence-corrected chi connectivity index (χ4v) is 2.69. The molecule has 2 aromatic carbocycles. The molecule has 2 N–H and O–H groups in total. The van der Waals surface area contributed by atoms with E-state index in [9.17, 15) is 4.79 Å². The van der Waals surface area contributed by atoms with Crippen molar-refractivity contribution in [2.24, 2.45) is 0 Å². The number of rotatable bonds is 8. The molecule has 0 aliphatic rings. The van der Waals surface area contributed by atoms with Crippen LogP contribution in [-0.2, 0) is 0 Å². The third-order valence-electron chi connectivity index (χ3n) is 4.08. The molecule has 2 aromatic rings. The summed E-state index contributed by atoms with van der Waals surface area (Å²) < 4.78 is 5.96. The van der Waals surface area contributed by atoms with Gasteiger partial charge in [-0.1, -0.05) is 56.3 Å². The molecule has 0 heterocycles. The van der Waals surface area contributed by atoms with Gasteiger partial charge >= 0.3 is 0 Å². The summed E-state index contributed by atoms with van der Waals surface area (Å²) in [5.41, 5.74) is 1.30. The first-order chi connectivity index (χ1) is 11.2. The highest BCUT2D eigenvalue weighted by Gasteiger charge is 2.16. The van der Waals surface area contributed by atoms with Gasteiger partial charge in [-0.2, -0.15) is 0 Å². The minimum Gasteiger partial charge on any atom is -0.491 e. The summed E-state index contributed by atoms with van der Waals surface area (Å²) in [5.74, 6) is 0.650. The number of halogens is 1. The molecule has 0 fully saturated rings. The summed E-state index contributed by atoms with van der Waals surface area (Å²) in [6.45, 7) is 8.99. The summed E-state index contributed by atoms with van der Waals surface area (Å²) in [6, 6.07) is 17.1. The monoisotopic (exact) mass is 365 g/mol. The molecule has 1 unspecified atom stereocenters. The Kier molecular flexibility index (Phi) is 10.8. The lowest BCUT2D eigenvalue weighted by molar-refractivity contribution is 0.103. The Labute approximate surface area is 156 Å². The maximum Gasteiger partial charge on any atom is 0.196 e. The fourth-order valence-electron chi connectivity index (χ4n) is 2.69. The molecule has 2 rings (SSSR count). The van der Waals surface area contributed by atoms with Crippen molar-refractivity contribution in [3.8, 4) is 5.75 Å². The molecule has 1 atom stereocenters. The van der Waals surface area contributed by atoms with E-state index in [0.29, 0.717) is 29.5 Å². The van der Waals surface area contributed by atoms with Gasteiger partial charge in [-0.05, 0) is 32.1 Å². The molecule has 25 heavy (non-hydrogen) atoms. The molecule has 0 saturated carbocycles. The highest BCUT2D eigenvalue weighted by molar-refractivity contribution is 6.10. The van der Waals surface area contributed by atoms with Gasteiger partial charge in [0.15, 0.2) is 5.78 Å². The first-order valence-corrected chi connectivity index (χ1v) is 8.23. The van der Waals surface area contributed by atoms with Crippen molar-refractivity contribution < 1.29 is 15.0 Å². The number of para-hydroxylation sites is 1. The van der Waals surface area contributed by atoms with Gasteiger partial charge in [-0.25, -0.2) is 0 Å². The van der Waals surface area contributed by atoms with Crippen LogP contribution in [0.3, 0.4) is 0 Å². The van der Waals surface area contributed by atoms with Crippen LogP contribution in [-0.4, -0.2) is 41.9 Å². The predicted octanol–water partition coefficient (Wildman–Crippen LogP) is 3.62. The number of hydrogen-bond donors (Lipinski definition) is 0. The van der Waals surface area contributed by atoms with Crippen LogP contribution in [0.1, 0.15) is 36.7 Å². The molecule has 138 valence electrons. The SMILES string of the molecule is CCN(CC)C(C)COc1ccccc1C(=O)c1ccccc1.Cl.O. The Morgan fingerprint density at radius 2 is 1.56 bits per heavy atom. The Morgan fingerprint density at radius 1 is 1.00 bits per heavy atom. The number of hydrogen-bond acceptors (Lipinski definition) is 3. The van der Waals surface area contributed by atoms with E-state index < -0.39 is 0 Å². The molecule has 0 aromatic heterocycles. The molecule has 0 spiro atoms. The second-order valence-electron chi connectivity index (χ2n) is 5.57. The first-order valence-electron chi connectivity index (χ1n) is 8.23. The lowest BCUT2D eigenvalue weighted by Gasteiger charge is -2.26. The first kappa shape index (κ1) is 23.1. The highest BCUT2D eigenvalue weighted by atomic mass is 35.5. The zero-order chi connectivity index (χ0) is 16.7. The molecule has 5 heteroatoms. The van der Waals surface area contributed by atoms with Gasteiger partial charge in [0, 0.05) is 11.6 Å². The number of carbonyl (C=O) groups is 1. The van der Waals surface area contributed by atoms with E-state index in [2.05, 4.69) is 25.7 Å². The van der Waals surface area contributed by atoms with Gasteiger partial charge in [-0.15, -0.1) is 12.4 Å². The van der Waals surface area contributed by atoms with Crippen molar-refractivity contribution in [3.05, 3.63) is 65.7 Å². The van der Waals surface area contributed by atoms with Crippen LogP contribution in [0.5, 0.6) is 5.75 Å². The highest BCUT2D eigenvalue weighted by Crippen LogP contribution is 2.22. The largest absolute Gasteiger partial charge is 0.491 e. The van der Waals surface area contributed by atoms with Crippen LogP contribution < -0.4 is 4.74 Å². The number of ether oxygens (including phenoxy) is 1. The molecule has 0 radical (unpaired) electrons. The number of benzene rings is 2. The van der Waals surface area contributed by atoms with E-state index in [-0.39, 0.29) is 23.7 Å². The summed E-state index contributed by atoms with van der Waals surface area (Å²) >= 11 is 0. The fraction of sp³-hybridized carbons (Fsp3) is 0.350. The predicted molar refractivity (Wildman–Crippen MR) is 105 cm³/mol. The number of nitrogens with zero attached hydrogens (tertiary/aromatic N) is 1. The minimum absolute atomic E-state index is 0. The number of carbonyl (C=O) groups excluding carboxylic acids is 1. The molecule has 0 aliphatic carbocycles. The third-order valence-corrected chi connectivity index (χ3v) is 4.08. The molecule has 0 aliphatic heterocycles. The standard InChI is InChI=1S/C20H25NO2.ClH.H2O/c1-4-21(5-2)16(3)15-23-19-14-10-9-13-18(19)20(22)17-11-7-6-8-12-17;;/h6-14,16H,4-5,15H2,1-3H3;1H;1H2. The van der Waals surface area contributed by atoms with E-state index in [1.54, 1.807) is 0 Å². The van der Waals surface area contributed by atoms with Crippen molar-refractivity contribution in [1.29, 1.82) is 0 Å². The normalized spacial score (nSPS) is 11.2. The second-order valence-corrected chi connectivity index (χ2v) is 5.57. The van der Waals surface area contributed by atoms with Crippen molar-refractivity contribution in [3.63, 3.8) is 0 Å². The zero-order valence-corrected chi connectivity index (χ0v) is 15.9. The molecular formula is C20H28ClNO3. The maximum absolute atomic E-state index is 12.7. The second kappa shape index (κ2) is 11.6. The molecule has 4 nitrogen and oxygen atoms in total. The number of likely N-dealkylation sites (N-methyl/N-ethyl adjacent to an activating group) is 1. The van der Waals surface area contributed by atoms with E-state index in [0.717, 1.165) is 13.1 Å². The lowest BCUT2D eigenvalue weighted by atomic mass is 10.0. The van der Waals surface area contributed by atoms with E-state index in [1.807, 2.05) is 54.6 Å². The van der Waals surface area contributed by atoms with Crippen molar-refractivity contribution >= 4 is 18.2 Å². The van der Waals surface area contributed by atoms with Crippen molar-refractivity contribution in [2.45, 2.75) is 26.8 Å². The minimum atomic E-state index is -0.00306. The zero-order valence-electron chi connectivity index (χ0n) is 15.1. The topological polar surface area (TPSA) is 61.0 Å². The summed E-state index contributed by atoms with van der Waals surface area (Å²) in [7, 11) is 0. The van der Waals surface area contributed by atoms with Crippen LogP contribution in [0.2, 0.25) is 0 Å². The molecule has 0 saturated heterocycles. The average Bonchev–Trinajstić information content (AvgIpc) is 2.61. The van der Waals surface area contributed by atoms with Gasteiger partial charge in [0.25, 0.3) is 0 Å². The van der Waals surface area contributed by atoms with Crippen molar-refractivity contribution in [2.75, 3.05) is 19.7 Å². The Morgan fingerprint density at radius 3 is 2.16 bits per heavy atom. The lowest BCUT2D eigenvalue weighted by Crippen LogP contribution is -2.37. The van der Waals surface area contributed by atoms with Crippen LogP contribution in [0.4, 0.5) is 0 Å². The van der Waals surface area contributed by atoms with Gasteiger partial charge in [-0.3, -0.25) is 9.69 Å². The maximum atomic E-state index is 12.7. The number of ketones is 1. The Hall–Kier alpha value is -1.88. The average molecular weight is 366 g/mol. The molecule has 0 bridgehead atoms. The quantitative estimate of drug-likeness (QED) is 0.671. The van der Waals surface area contributed by atoms with E-state index in [4.69, 9.17) is 4.74 Å². The van der Waals surface area contributed by atoms with Crippen LogP contribution >= 0.6 is 12.4 Å². The summed E-state index contributed by atoms with van der Waals surface area (Å²) in [4.78, 5) is 15.0. The van der Waals surface area contributed by atoms with Gasteiger partial charge in [0.2, 0.25) is 0 Å². The van der Waals surface area contributed by atoms with Gasteiger partial charge in [0.1, 0.15) is 12.4 Å². The van der Waals surface area contributed by atoms with Gasteiger partial charge in [0.05, 0.1) is 5.56 Å². The molecule has 0 amide bonds. The van der Waals surface area contributed by atoms with E-state index >= 15 is 0 Å². The smallest absolute Gasteiger partial charge is 0.196 e. The van der Waals surface area contributed by atoms with Crippen LogP contribution in [0.15, 0.2) is 54.6 Å². The third kappa shape index (κ3) is 6.16. The van der Waals surface area contributed by atoms with Crippen molar-refractivity contribution in [1.82, 2.24) is 4.90 Å². The Balaban J connectivity index is 0.00000288. The van der Waals surface area contributed by atoms with Crippen LogP contribution in [0, 0.1) is 0 Å². The van der Waals surface area contributed by atoms with E-state index in [1.165, 1.54) is 0 Å². The molecular weight excluding hydrogens is 338 g/mol. The summed E-state index contributed by atoms with van der Waals surface area (Å²) in [5, 5.41) is 0. The van der Waals surface area contributed by atoms with Crippen LogP contribution in [0.25, 0.3) is 0 Å².